The molecule has 3 aromatic carbocycles. The molecule has 7 nitrogen and oxygen atoms in total. The predicted octanol–water partition coefficient (Wildman–Crippen LogP) is 3.24. The third kappa shape index (κ3) is 7.30. The molecule has 0 bridgehead atoms. The van der Waals surface area contributed by atoms with Gasteiger partial charge in [0, 0.05) is 12.1 Å². The van der Waals surface area contributed by atoms with E-state index in [2.05, 4.69) is 5.32 Å². The first-order chi connectivity index (χ1) is 15.5. The van der Waals surface area contributed by atoms with E-state index in [1.807, 2.05) is 24.3 Å². The minimum atomic E-state index is -0.968. The van der Waals surface area contributed by atoms with Crippen LogP contribution in [0.2, 0.25) is 0 Å². The van der Waals surface area contributed by atoms with Crippen molar-refractivity contribution in [3.05, 3.63) is 89.5 Å². The summed E-state index contributed by atoms with van der Waals surface area (Å²) in [5.74, 6) is 0.464. The first kappa shape index (κ1) is 23.1. The number of rotatable bonds is 12. The normalized spacial score (nSPS) is 11.7. The van der Waals surface area contributed by atoms with Crippen molar-refractivity contribution in [2.75, 3.05) is 19.7 Å². The number of hydrogen-bond acceptors (Lipinski definition) is 6. The minimum Gasteiger partial charge on any atom is -0.508 e. The predicted molar refractivity (Wildman–Crippen MR) is 120 cm³/mol. The molecule has 0 unspecified atom stereocenters. The number of aliphatic hydroxyl groups is 1. The first-order valence-corrected chi connectivity index (χ1v) is 10.3. The summed E-state index contributed by atoms with van der Waals surface area (Å²) in [6.07, 6.45) is 0.140. The largest absolute Gasteiger partial charge is 0.508 e. The fraction of sp³-hybridized carbons (Fsp3) is 0.240. The lowest BCUT2D eigenvalue weighted by molar-refractivity contribution is 0.0694. The molecular formula is C25H27NO6. The van der Waals surface area contributed by atoms with Gasteiger partial charge in [-0.1, -0.05) is 30.3 Å². The number of carbonyl (C=O) groups is 1. The average Bonchev–Trinajstić information content (AvgIpc) is 2.81. The molecule has 0 aliphatic heterocycles. The van der Waals surface area contributed by atoms with E-state index in [0.29, 0.717) is 30.2 Å². The lowest BCUT2D eigenvalue weighted by atomic mass is 10.1. The van der Waals surface area contributed by atoms with Crippen LogP contribution in [0.3, 0.4) is 0 Å². The molecule has 3 aromatic rings. The second-order valence-electron chi connectivity index (χ2n) is 7.31. The Morgan fingerprint density at radius 2 is 1.56 bits per heavy atom. The van der Waals surface area contributed by atoms with Crippen molar-refractivity contribution in [3.63, 3.8) is 0 Å². The van der Waals surface area contributed by atoms with Crippen LogP contribution in [0.15, 0.2) is 72.8 Å². The molecule has 4 N–H and O–H groups in total. The second kappa shape index (κ2) is 11.7. The van der Waals surface area contributed by atoms with Crippen molar-refractivity contribution >= 4 is 5.97 Å². The van der Waals surface area contributed by atoms with Gasteiger partial charge < -0.3 is 30.1 Å². The van der Waals surface area contributed by atoms with Crippen LogP contribution in [-0.4, -0.2) is 47.1 Å². The van der Waals surface area contributed by atoms with Crippen molar-refractivity contribution in [1.82, 2.24) is 5.32 Å². The number of hydrogen-bond donors (Lipinski definition) is 4. The maximum Gasteiger partial charge on any atom is 0.336 e. The van der Waals surface area contributed by atoms with Gasteiger partial charge in [-0.3, -0.25) is 0 Å². The molecule has 0 radical (unpaired) electrons. The topological polar surface area (TPSA) is 108 Å². The summed E-state index contributed by atoms with van der Waals surface area (Å²) in [5.41, 5.74) is 1.98. The van der Waals surface area contributed by atoms with Gasteiger partial charge in [-0.15, -0.1) is 0 Å². The Balaban J connectivity index is 1.35. The van der Waals surface area contributed by atoms with Gasteiger partial charge >= 0.3 is 5.97 Å². The number of phenols is 1. The van der Waals surface area contributed by atoms with Crippen molar-refractivity contribution in [2.24, 2.45) is 0 Å². The summed E-state index contributed by atoms with van der Waals surface area (Å²) in [4.78, 5) is 11.3. The van der Waals surface area contributed by atoms with E-state index in [1.165, 1.54) is 12.1 Å². The Morgan fingerprint density at radius 3 is 2.28 bits per heavy atom. The van der Waals surface area contributed by atoms with Crippen molar-refractivity contribution in [2.45, 2.75) is 19.1 Å². The SMILES string of the molecule is O=C(O)c1ccccc1COc1ccc(CCNC[C@H](O)COc2ccc(O)cc2)cc1. The van der Waals surface area contributed by atoms with E-state index in [-0.39, 0.29) is 24.5 Å². The summed E-state index contributed by atoms with van der Waals surface area (Å²) in [5, 5.41) is 31.7. The molecule has 0 fully saturated rings. The smallest absolute Gasteiger partial charge is 0.336 e. The summed E-state index contributed by atoms with van der Waals surface area (Å²) in [7, 11) is 0. The van der Waals surface area contributed by atoms with Gasteiger partial charge in [0.25, 0.3) is 0 Å². The molecule has 0 saturated heterocycles. The highest BCUT2D eigenvalue weighted by Crippen LogP contribution is 2.17. The van der Waals surface area contributed by atoms with Crippen LogP contribution in [-0.2, 0) is 13.0 Å². The summed E-state index contributed by atoms with van der Waals surface area (Å²) in [6.45, 7) is 1.45. The van der Waals surface area contributed by atoms with Crippen LogP contribution in [0.5, 0.6) is 17.2 Å². The van der Waals surface area contributed by atoms with E-state index < -0.39 is 12.1 Å². The molecule has 0 aliphatic carbocycles. The summed E-state index contributed by atoms with van der Waals surface area (Å²) >= 11 is 0. The van der Waals surface area contributed by atoms with Crippen LogP contribution < -0.4 is 14.8 Å². The summed E-state index contributed by atoms with van der Waals surface area (Å²) in [6, 6.07) is 20.8. The second-order valence-corrected chi connectivity index (χ2v) is 7.31. The zero-order valence-electron chi connectivity index (χ0n) is 17.6. The molecule has 7 heteroatoms. The molecule has 0 heterocycles. The van der Waals surface area contributed by atoms with Crippen molar-refractivity contribution < 1.29 is 29.6 Å². The number of benzene rings is 3. The molecule has 0 aliphatic rings. The fourth-order valence-corrected chi connectivity index (χ4v) is 3.06. The Morgan fingerprint density at radius 1 is 0.906 bits per heavy atom. The molecule has 32 heavy (non-hydrogen) atoms. The first-order valence-electron chi connectivity index (χ1n) is 10.3. The van der Waals surface area contributed by atoms with Crippen LogP contribution in [0.1, 0.15) is 21.5 Å². The quantitative estimate of drug-likeness (QED) is 0.322. The monoisotopic (exact) mass is 437 g/mol. The van der Waals surface area contributed by atoms with Crippen molar-refractivity contribution in [3.8, 4) is 17.2 Å². The van der Waals surface area contributed by atoms with E-state index in [1.54, 1.807) is 36.4 Å². The van der Waals surface area contributed by atoms with Gasteiger partial charge in [-0.2, -0.15) is 0 Å². The van der Waals surface area contributed by atoms with Gasteiger partial charge in [0.05, 0.1) is 5.56 Å². The summed E-state index contributed by atoms with van der Waals surface area (Å²) < 4.78 is 11.2. The van der Waals surface area contributed by atoms with Crippen LogP contribution >= 0.6 is 0 Å². The third-order valence-corrected chi connectivity index (χ3v) is 4.81. The third-order valence-electron chi connectivity index (χ3n) is 4.81. The maximum atomic E-state index is 11.3. The van der Waals surface area contributed by atoms with Gasteiger partial charge in [0.1, 0.15) is 36.6 Å². The molecule has 0 aromatic heterocycles. The van der Waals surface area contributed by atoms with E-state index in [4.69, 9.17) is 9.47 Å². The molecule has 168 valence electrons. The molecule has 0 spiro atoms. The lowest BCUT2D eigenvalue weighted by Crippen LogP contribution is -2.32. The number of aromatic carboxylic acids is 1. The Kier molecular flexibility index (Phi) is 8.48. The zero-order chi connectivity index (χ0) is 22.8. The van der Waals surface area contributed by atoms with Gasteiger partial charge in [-0.25, -0.2) is 4.79 Å². The van der Waals surface area contributed by atoms with E-state index >= 15 is 0 Å². The number of carboxylic acid groups (broad SMARTS) is 1. The van der Waals surface area contributed by atoms with Gasteiger partial charge in [-0.05, 0) is 61.0 Å². The molecule has 0 amide bonds. The maximum absolute atomic E-state index is 11.3. The standard InChI is InChI=1S/C25H27NO6/c27-20-7-11-23(12-8-20)32-17-21(28)15-26-14-13-18-5-9-22(10-6-18)31-16-19-3-1-2-4-24(19)25(29)30/h1-12,21,26-28H,13-17H2,(H,29,30)/t21-/m0/s1. The van der Waals surface area contributed by atoms with E-state index in [0.717, 1.165) is 12.0 Å². The highest BCUT2D eigenvalue weighted by Gasteiger charge is 2.09. The number of carboxylic acids is 1. The number of ether oxygens (including phenoxy) is 2. The number of aliphatic hydroxyl groups excluding tert-OH is 1. The number of aromatic hydroxyl groups is 1. The fourth-order valence-electron chi connectivity index (χ4n) is 3.06. The lowest BCUT2D eigenvalue weighted by Gasteiger charge is -2.13. The molecular weight excluding hydrogens is 410 g/mol. The van der Waals surface area contributed by atoms with Crippen LogP contribution in [0.25, 0.3) is 0 Å². The Bertz CT molecular complexity index is 988. The van der Waals surface area contributed by atoms with E-state index in [9.17, 15) is 20.1 Å². The van der Waals surface area contributed by atoms with Crippen molar-refractivity contribution in [1.29, 1.82) is 0 Å². The highest BCUT2D eigenvalue weighted by atomic mass is 16.5. The van der Waals surface area contributed by atoms with Crippen LogP contribution in [0, 0.1) is 0 Å². The molecule has 1 atom stereocenters. The zero-order valence-corrected chi connectivity index (χ0v) is 17.6. The van der Waals surface area contributed by atoms with Gasteiger partial charge in [0.2, 0.25) is 0 Å². The number of nitrogens with one attached hydrogen (secondary N) is 1. The highest BCUT2D eigenvalue weighted by molar-refractivity contribution is 5.89. The number of phenolic OH excluding ortho intramolecular Hbond substituents is 1. The average molecular weight is 437 g/mol. The Labute approximate surface area is 186 Å². The minimum absolute atomic E-state index is 0.162. The molecule has 0 saturated carbocycles. The Hall–Kier alpha value is -3.55. The van der Waals surface area contributed by atoms with Crippen LogP contribution in [0.4, 0.5) is 0 Å². The molecule has 3 rings (SSSR count). The van der Waals surface area contributed by atoms with Gasteiger partial charge in [0.15, 0.2) is 0 Å².